The highest BCUT2D eigenvalue weighted by molar-refractivity contribution is 5.83. The summed E-state index contributed by atoms with van der Waals surface area (Å²) in [6, 6.07) is 16.5. The molecular formula is C16H16N2O3. The number of methoxy groups -OCH3 is 1. The average molecular weight is 284 g/mol. The van der Waals surface area contributed by atoms with E-state index in [9.17, 15) is 4.79 Å². The molecule has 0 radical (unpaired) electrons. The molecule has 0 bridgehead atoms. The van der Waals surface area contributed by atoms with Gasteiger partial charge in [0.25, 0.3) is 5.91 Å². The molecule has 0 aliphatic carbocycles. The lowest BCUT2D eigenvalue weighted by atomic mass is 10.2. The van der Waals surface area contributed by atoms with Crippen LogP contribution in [0.1, 0.15) is 5.56 Å². The van der Waals surface area contributed by atoms with Gasteiger partial charge >= 0.3 is 0 Å². The SMILES string of the molecule is COc1ccc(/C=N/NC(=O)COc2ccccc2)cc1. The first-order valence-corrected chi connectivity index (χ1v) is 6.42. The number of benzene rings is 2. The Hall–Kier alpha value is -2.82. The van der Waals surface area contributed by atoms with Crippen molar-refractivity contribution < 1.29 is 14.3 Å². The molecule has 0 spiro atoms. The molecule has 0 saturated heterocycles. The maximum Gasteiger partial charge on any atom is 0.277 e. The van der Waals surface area contributed by atoms with Crippen molar-refractivity contribution in [1.29, 1.82) is 0 Å². The fraction of sp³-hybridized carbons (Fsp3) is 0.125. The van der Waals surface area contributed by atoms with Gasteiger partial charge in [-0.3, -0.25) is 4.79 Å². The van der Waals surface area contributed by atoms with Crippen LogP contribution in [0.5, 0.6) is 11.5 Å². The quantitative estimate of drug-likeness (QED) is 0.653. The summed E-state index contributed by atoms with van der Waals surface area (Å²) in [5, 5.41) is 3.86. The Morgan fingerprint density at radius 1 is 1.10 bits per heavy atom. The fourth-order valence-corrected chi connectivity index (χ4v) is 1.57. The van der Waals surface area contributed by atoms with Crippen molar-refractivity contribution in [3.63, 3.8) is 0 Å². The third kappa shape index (κ3) is 4.99. The van der Waals surface area contributed by atoms with Gasteiger partial charge < -0.3 is 9.47 Å². The Kier molecular flexibility index (Phi) is 5.34. The van der Waals surface area contributed by atoms with E-state index in [1.54, 1.807) is 25.5 Å². The molecular weight excluding hydrogens is 268 g/mol. The third-order valence-electron chi connectivity index (χ3n) is 2.63. The monoisotopic (exact) mass is 284 g/mol. The second-order valence-electron chi connectivity index (χ2n) is 4.17. The Labute approximate surface area is 123 Å². The topological polar surface area (TPSA) is 59.9 Å². The van der Waals surface area contributed by atoms with Crippen molar-refractivity contribution in [2.45, 2.75) is 0 Å². The Morgan fingerprint density at radius 3 is 2.48 bits per heavy atom. The first kappa shape index (κ1) is 14.6. The summed E-state index contributed by atoms with van der Waals surface area (Å²) in [5.74, 6) is 1.10. The second kappa shape index (κ2) is 7.69. The lowest BCUT2D eigenvalue weighted by molar-refractivity contribution is -0.123. The number of para-hydroxylation sites is 1. The molecule has 2 rings (SSSR count). The lowest BCUT2D eigenvalue weighted by Crippen LogP contribution is -2.24. The van der Waals surface area contributed by atoms with Gasteiger partial charge in [-0.25, -0.2) is 5.43 Å². The predicted molar refractivity (Wildman–Crippen MR) is 80.7 cm³/mol. The van der Waals surface area contributed by atoms with Crippen LogP contribution in [0.25, 0.3) is 0 Å². The summed E-state index contributed by atoms with van der Waals surface area (Å²) in [6.45, 7) is -0.0794. The van der Waals surface area contributed by atoms with E-state index in [0.29, 0.717) is 5.75 Å². The molecule has 0 fully saturated rings. The standard InChI is InChI=1S/C16H16N2O3/c1-20-14-9-7-13(8-10-14)11-17-18-16(19)12-21-15-5-3-2-4-6-15/h2-11H,12H2,1H3,(H,18,19)/b17-11+. The number of carbonyl (C=O) groups is 1. The molecule has 2 aromatic carbocycles. The molecule has 21 heavy (non-hydrogen) atoms. The Balaban J connectivity index is 1.76. The number of nitrogens with one attached hydrogen (secondary N) is 1. The third-order valence-corrected chi connectivity index (χ3v) is 2.63. The number of nitrogens with zero attached hydrogens (tertiary/aromatic N) is 1. The van der Waals surface area contributed by atoms with Gasteiger partial charge in [-0.1, -0.05) is 18.2 Å². The zero-order valence-electron chi connectivity index (χ0n) is 11.7. The fourth-order valence-electron chi connectivity index (χ4n) is 1.57. The molecule has 5 heteroatoms. The molecule has 5 nitrogen and oxygen atoms in total. The van der Waals surface area contributed by atoms with Crippen LogP contribution >= 0.6 is 0 Å². The highest BCUT2D eigenvalue weighted by atomic mass is 16.5. The van der Waals surface area contributed by atoms with Crippen molar-refractivity contribution in [2.24, 2.45) is 5.10 Å². The van der Waals surface area contributed by atoms with Crippen molar-refractivity contribution in [3.05, 3.63) is 60.2 Å². The summed E-state index contributed by atoms with van der Waals surface area (Å²) in [7, 11) is 1.61. The molecule has 0 heterocycles. The van der Waals surface area contributed by atoms with E-state index in [1.165, 1.54) is 0 Å². The average Bonchev–Trinajstić information content (AvgIpc) is 2.54. The maximum absolute atomic E-state index is 11.5. The highest BCUT2D eigenvalue weighted by Crippen LogP contribution is 2.09. The number of hydrogen-bond acceptors (Lipinski definition) is 4. The van der Waals surface area contributed by atoms with E-state index in [0.717, 1.165) is 11.3 Å². The summed E-state index contributed by atoms with van der Waals surface area (Å²) in [6.07, 6.45) is 1.56. The first-order chi connectivity index (χ1) is 10.3. The highest BCUT2D eigenvalue weighted by Gasteiger charge is 2.00. The lowest BCUT2D eigenvalue weighted by Gasteiger charge is -2.04. The van der Waals surface area contributed by atoms with Crippen LogP contribution in [0.4, 0.5) is 0 Å². The van der Waals surface area contributed by atoms with E-state index < -0.39 is 0 Å². The number of carbonyl (C=O) groups excluding carboxylic acids is 1. The van der Waals surface area contributed by atoms with Crippen LogP contribution in [0.2, 0.25) is 0 Å². The van der Waals surface area contributed by atoms with Gasteiger partial charge in [0.05, 0.1) is 13.3 Å². The van der Waals surface area contributed by atoms with Gasteiger partial charge in [-0.15, -0.1) is 0 Å². The summed E-state index contributed by atoms with van der Waals surface area (Å²) in [4.78, 5) is 11.5. The molecule has 1 amide bonds. The van der Waals surface area contributed by atoms with Crippen molar-refractivity contribution >= 4 is 12.1 Å². The number of hydrazone groups is 1. The van der Waals surface area contributed by atoms with Gasteiger partial charge in [0.2, 0.25) is 0 Å². The predicted octanol–water partition coefficient (Wildman–Crippen LogP) is 2.22. The first-order valence-electron chi connectivity index (χ1n) is 6.42. The van der Waals surface area contributed by atoms with Crippen LogP contribution in [0.15, 0.2) is 59.7 Å². The molecule has 0 unspecified atom stereocenters. The van der Waals surface area contributed by atoms with Crippen molar-refractivity contribution in [1.82, 2.24) is 5.43 Å². The Bertz CT molecular complexity index is 595. The van der Waals surface area contributed by atoms with Gasteiger partial charge in [0.15, 0.2) is 6.61 Å². The number of amides is 1. The van der Waals surface area contributed by atoms with Gasteiger partial charge in [0, 0.05) is 0 Å². The van der Waals surface area contributed by atoms with Crippen molar-refractivity contribution in [2.75, 3.05) is 13.7 Å². The molecule has 2 aromatic rings. The van der Waals surface area contributed by atoms with Gasteiger partial charge in [0.1, 0.15) is 11.5 Å². The number of hydrogen-bond donors (Lipinski definition) is 1. The largest absolute Gasteiger partial charge is 0.497 e. The minimum Gasteiger partial charge on any atom is -0.497 e. The van der Waals surface area contributed by atoms with Crippen LogP contribution in [0.3, 0.4) is 0 Å². The van der Waals surface area contributed by atoms with Gasteiger partial charge in [-0.2, -0.15) is 5.10 Å². The van der Waals surface area contributed by atoms with Gasteiger partial charge in [-0.05, 0) is 42.0 Å². The van der Waals surface area contributed by atoms with E-state index >= 15 is 0 Å². The molecule has 0 atom stereocenters. The molecule has 0 aliphatic heterocycles. The molecule has 1 N–H and O–H groups in total. The zero-order chi connectivity index (χ0) is 14.9. The van der Waals surface area contributed by atoms with E-state index in [-0.39, 0.29) is 12.5 Å². The summed E-state index contributed by atoms with van der Waals surface area (Å²) < 4.78 is 10.4. The minimum atomic E-state index is -0.316. The molecule has 0 aliphatic rings. The van der Waals surface area contributed by atoms with Crippen LogP contribution in [-0.2, 0) is 4.79 Å². The summed E-state index contributed by atoms with van der Waals surface area (Å²) >= 11 is 0. The van der Waals surface area contributed by atoms with E-state index in [2.05, 4.69) is 10.5 Å². The second-order valence-corrected chi connectivity index (χ2v) is 4.17. The molecule has 108 valence electrons. The van der Waals surface area contributed by atoms with E-state index in [1.807, 2.05) is 42.5 Å². The van der Waals surface area contributed by atoms with Crippen molar-refractivity contribution in [3.8, 4) is 11.5 Å². The zero-order valence-corrected chi connectivity index (χ0v) is 11.7. The maximum atomic E-state index is 11.5. The Morgan fingerprint density at radius 2 is 1.81 bits per heavy atom. The molecule has 0 saturated carbocycles. The smallest absolute Gasteiger partial charge is 0.277 e. The van der Waals surface area contributed by atoms with Crippen LogP contribution in [-0.4, -0.2) is 25.8 Å². The van der Waals surface area contributed by atoms with Crippen LogP contribution in [0, 0.1) is 0 Å². The van der Waals surface area contributed by atoms with E-state index in [4.69, 9.17) is 9.47 Å². The minimum absolute atomic E-state index is 0.0794. The number of rotatable bonds is 6. The molecule has 0 aromatic heterocycles. The summed E-state index contributed by atoms with van der Waals surface area (Å²) in [5.41, 5.74) is 3.27. The van der Waals surface area contributed by atoms with Crippen LogP contribution < -0.4 is 14.9 Å². The normalized spacial score (nSPS) is 10.3. The number of ether oxygens (including phenoxy) is 2.